The highest BCUT2D eigenvalue weighted by Gasteiger charge is 2.40. The third-order valence-electron chi connectivity index (χ3n) is 5.60. The smallest absolute Gasteiger partial charge is 0.417 e. The summed E-state index contributed by atoms with van der Waals surface area (Å²) >= 11 is 0. The van der Waals surface area contributed by atoms with Crippen molar-refractivity contribution in [2.75, 3.05) is 20.2 Å². The number of para-hydroxylation sites is 1. The van der Waals surface area contributed by atoms with Crippen LogP contribution in [0.3, 0.4) is 0 Å². The summed E-state index contributed by atoms with van der Waals surface area (Å²) in [4.78, 5) is 12.0. The lowest BCUT2D eigenvalue weighted by Gasteiger charge is -2.31. The Morgan fingerprint density at radius 2 is 1.69 bits per heavy atom. The molecular formula is C22H25F3N2O4S. The Labute approximate surface area is 185 Å². The van der Waals surface area contributed by atoms with Crippen LogP contribution in [0.1, 0.15) is 36.9 Å². The zero-order chi connectivity index (χ0) is 23.5. The summed E-state index contributed by atoms with van der Waals surface area (Å²) in [5.41, 5.74) is -0.377. The molecule has 1 aliphatic rings. The lowest BCUT2D eigenvalue weighted by atomic mass is 9.96. The average molecular weight is 471 g/mol. The highest BCUT2D eigenvalue weighted by atomic mass is 32.2. The largest absolute Gasteiger partial charge is 0.496 e. The molecule has 1 fully saturated rings. The molecule has 2 aromatic rings. The molecule has 1 saturated heterocycles. The van der Waals surface area contributed by atoms with Crippen LogP contribution in [0.15, 0.2) is 53.4 Å². The predicted molar refractivity (Wildman–Crippen MR) is 112 cm³/mol. The Morgan fingerprint density at radius 1 is 1.09 bits per heavy atom. The first-order chi connectivity index (χ1) is 15.1. The third kappa shape index (κ3) is 5.07. The molecular weight excluding hydrogens is 445 g/mol. The van der Waals surface area contributed by atoms with Crippen molar-refractivity contribution in [1.82, 2.24) is 9.62 Å². The lowest BCUT2D eigenvalue weighted by molar-refractivity contribution is -0.139. The van der Waals surface area contributed by atoms with Crippen molar-refractivity contribution in [1.29, 1.82) is 0 Å². The van der Waals surface area contributed by atoms with Gasteiger partial charge in [0.05, 0.1) is 23.6 Å². The maximum Gasteiger partial charge on any atom is 0.417 e. The molecule has 0 aliphatic carbocycles. The molecule has 1 N–H and O–H groups in total. The van der Waals surface area contributed by atoms with Gasteiger partial charge in [-0.25, -0.2) is 8.42 Å². The monoisotopic (exact) mass is 470 g/mol. The molecule has 10 heteroatoms. The standard InChI is InChI=1S/C22H25F3N2O4S/c1-15(17-7-3-5-9-19(17)31-2)26-21(28)16-11-13-27(14-12-16)32(29,30)20-10-6-4-8-18(20)22(23,24)25/h3-10,15-16H,11-14H2,1-2H3,(H,26,28)/t15-/m1/s1. The number of piperidine rings is 1. The molecule has 2 aromatic carbocycles. The number of methoxy groups -OCH3 is 1. The molecule has 1 heterocycles. The molecule has 6 nitrogen and oxygen atoms in total. The first kappa shape index (κ1) is 24.1. The fourth-order valence-electron chi connectivity index (χ4n) is 3.86. The fourth-order valence-corrected chi connectivity index (χ4v) is 5.54. The van der Waals surface area contributed by atoms with Crippen LogP contribution in [-0.4, -0.2) is 38.8 Å². The number of alkyl halides is 3. The average Bonchev–Trinajstić information content (AvgIpc) is 2.78. The molecule has 3 rings (SSSR count). The molecule has 1 aliphatic heterocycles. The Bertz CT molecular complexity index is 1060. The van der Waals surface area contributed by atoms with Gasteiger partial charge < -0.3 is 10.1 Å². The van der Waals surface area contributed by atoms with E-state index in [1.165, 1.54) is 6.07 Å². The maximum atomic E-state index is 13.3. The number of ether oxygens (including phenoxy) is 1. The molecule has 0 bridgehead atoms. The topological polar surface area (TPSA) is 75.7 Å². The number of hydrogen-bond donors (Lipinski definition) is 1. The van der Waals surface area contributed by atoms with Gasteiger partial charge in [-0.2, -0.15) is 17.5 Å². The Morgan fingerprint density at radius 3 is 2.31 bits per heavy atom. The van der Waals surface area contributed by atoms with Crippen molar-refractivity contribution < 1.29 is 31.1 Å². The second kappa shape index (κ2) is 9.50. The van der Waals surface area contributed by atoms with E-state index in [-0.39, 0.29) is 37.9 Å². The van der Waals surface area contributed by atoms with Crippen LogP contribution >= 0.6 is 0 Å². The van der Waals surface area contributed by atoms with Gasteiger partial charge >= 0.3 is 6.18 Å². The minimum Gasteiger partial charge on any atom is -0.496 e. The third-order valence-corrected chi connectivity index (χ3v) is 7.56. The van der Waals surface area contributed by atoms with E-state index < -0.39 is 32.6 Å². The number of carbonyl (C=O) groups excluding carboxylic acids is 1. The second-order valence-corrected chi connectivity index (χ2v) is 9.55. The Hall–Kier alpha value is -2.59. The molecule has 1 atom stereocenters. The minimum atomic E-state index is -4.78. The van der Waals surface area contributed by atoms with E-state index in [0.717, 1.165) is 28.1 Å². The summed E-state index contributed by atoms with van der Waals surface area (Å²) < 4.78 is 71.9. The van der Waals surface area contributed by atoms with Gasteiger partial charge in [0.25, 0.3) is 0 Å². The van der Waals surface area contributed by atoms with Crippen molar-refractivity contribution >= 4 is 15.9 Å². The fraction of sp³-hybridized carbons (Fsp3) is 0.409. The van der Waals surface area contributed by atoms with Gasteiger partial charge in [0.2, 0.25) is 15.9 Å². The van der Waals surface area contributed by atoms with Crippen LogP contribution < -0.4 is 10.1 Å². The van der Waals surface area contributed by atoms with Crippen molar-refractivity contribution in [3.8, 4) is 5.75 Å². The zero-order valence-electron chi connectivity index (χ0n) is 17.7. The summed E-state index contributed by atoms with van der Waals surface area (Å²) in [5.74, 6) is -0.0165. The van der Waals surface area contributed by atoms with E-state index in [1.54, 1.807) is 13.2 Å². The number of carbonyl (C=O) groups is 1. The van der Waals surface area contributed by atoms with Crippen LogP contribution in [0.4, 0.5) is 13.2 Å². The van der Waals surface area contributed by atoms with Crippen LogP contribution in [-0.2, 0) is 21.0 Å². The Balaban J connectivity index is 1.67. The summed E-state index contributed by atoms with van der Waals surface area (Å²) in [6.07, 6.45) is -4.34. The van der Waals surface area contributed by atoms with Gasteiger partial charge in [-0.3, -0.25) is 4.79 Å². The van der Waals surface area contributed by atoms with Gasteiger partial charge in [-0.1, -0.05) is 30.3 Å². The van der Waals surface area contributed by atoms with Gasteiger partial charge in [0.15, 0.2) is 0 Å². The van der Waals surface area contributed by atoms with E-state index >= 15 is 0 Å². The number of nitrogens with one attached hydrogen (secondary N) is 1. The van der Waals surface area contributed by atoms with Crippen LogP contribution in [0.2, 0.25) is 0 Å². The normalized spacial score (nSPS) is 17.0. The Kier molecular flexibility index (Phi) is 7.14. The van der Waals surface area contributed by atoms with Crippen LogP contribution in [0, 0.1) is 5.92 Å². The van der Waals surface area contributed by atoms with E-state index in [0.29, 0.717) is 5.75 Å². The number of sulfonamides is 1. The number of halogens is 3. The molecule has 1 amide bonds. The molecule has 0 saturated carbocycles. The molecule has 0 spiro atoms. The van der Waals surface area contributed by atoms with E-state index in [1.807, 2.05) is 25.1 Å². The van der Waals surface area contributed by atoms with Gasteiger partial charge in [0, 0.05) is 24.6 Å². The number of amides is 1. The maximum absolute atomic E-state index is 13.3. The second-order valence-electron chi connectivity index (χ2n) is 7.64. The summed E-state index contributed by atoms with van der Waals surface area (Å²) in [6, 6.07) is 11.1. The minimum absolute atomic E-state index is 0.0321. The molecule has 32 heavy (non-hydrogen) atoms. The van der Waals surface area contributed by atoms with E-state index in [4.69, 9.17) is 4.74 Å². The van der Waals surface area contributed by atoms with Crippen molar-refractivity contribution in [2.45, 2.75) is 36.9 Å². The first-order valence-electron chi connectivity index (χ1n) is 10.2. The van der Waals surface area contributed by atoms with Gasteiger partial charge in [0.1, 0.15) is 5.75 Å². The quantitative estimate of drug-likeness (QED) is 0.693. The van der Waals surface area contributed by atoms with Crippen LogP contribution in [0.5, 0.6) is 5.75 Å². The summed E-state index contributed by atoms with van der Waals surface area (Å²) in [6.45, 7) is 1.76. The van der Waals surface area contributed by atoms with Gasteiger partial charge in [-0.15, -0.1) is 0 Å². The predicted octanol–water partition coefficient (Wildman–Crippen LogP) is 3.99. The number of rotatable bonds is 6. The van der Waals surface area contributed by atoms with Crippen molar-refractivity contribution in [3.63, 3.8) is 0 Å². The highest BCUT2D eigenvalue weighted by molar-refractivity contribution is 7.89. The van der Waals surface area contributed by atoms with Crippen LogP contribution in [0.25, 0.3) is 0 Å². The number of nitrogens with zero attached hydrogens (tertiary/aromatic N) is 1. The lowest BCUT2D eigenvalue weighted by Crippen LogP contribution is -2.43. The van der Waals surface area contributed by atoms with E-state index in [9.17, 15) is 26.4 Å². The molecule has 0 unspecified atom stereocenters. The summed E-state index contributed by atoms with van der Waals surface area (Å²) in [7, 11) is -2.79. The number of benzene rings is 2. The summed E-state index contributed by atoms with van der Waals surface area (Å²) in [5, 5.41) is 2.92. The molecule has 0 aromatic heterocycles. The first-order valence-corrected chi connectivity index (χ1v) is 11.6. The molecule has 0 radical (unpaired) electrons. The molecule has 174 valence electrons. The van der Waals surface area contributed by atoms with Gasteiger partial charge in [-0.05, 0) is 38.0 Å². The SMILES string of the molecule is COc1ccccc1[C@@H](C)NC(=O)C1CCN(S(=O)(=O)c2ccccc2C(F)(F)F)CC1. The van der Waals surface area contributed by atoms with Crippen molar-refractivity contribution in [2.24, 2.45) is 5.92 Å². The number of hydrogen-bond acceptors (Lipinski definition) is 4. The highest BCUT2D eigenvalue weighted by Crippen LogP contribution is 2.36. The zero-order valence-corrected chi connectivity index (χ0v) is 18.5. The van der Waals surface area contributed by atoms with E-state index in [2.05, 4.69) is 5.32 Å². The van der Waals surface area contributed by atoms with Crippen molar-refractivity contribution in [3.05, 3.63) is 59.7 Å².